The van der Waals surface area contributed by atoms with Crippen molar-refractivity contribution in [1.82, 2.24) is 5.32 Å². The van der Waals surface area contributed by atoms with Gasteiger partial charge in [-0.15, -0.1) is 0 Å². The topological polar surface area (TPSA) is 12.0 Å². The number of hydrogen-bond acceptors (Lipinski definition) is 1. The van der Waals surface area contributed by atoms with Crippen LogP contribution in [-0.2, 0) is 0 Å². The first-order valence-corrected chi connectivity index (χ1v) is 6.60. The van der Waals surface area contributed by atoms with E-state index in [1.165, 1.54) is 11.6 Å². The molecule has 18 heavy (non-hydrogen) atoms. The SMILES string of the molecule is CNC(c1cccc(F)c1)c1cc(C)ccc1Br. The quantitative estimate of drug-likeness (QED) is 0.896. The molecule has 2 rings (SSSR count). The fourth-order valence-corrected chi connectivity index (χ4v) is 2.55. The van der Waals surface area contributed by atoms with Gasteiger partial charge < -0.3 is 5.32 Å². The van der Waals surface area contributed by atoms with Gasteiger partial charge in [-0.1, -0.05) is 45.8 Å². The molecule has 0 fully saturated rings. The maximum absolute atomic E-state index is 13.3. The summed E-state index contributed by atoms with van der Waals surface area (Å²) in [6.07, 6.45) is 0. The second kappa shape index (κ2) is 5.63. The molecule has 2 aromatic carbocycles. The fourth-order valence-electron chi connectivity index (χ4n) is 2.07. The highest BCUT2D eigenvalue weighted by Crippen LogP contribution is 2.29. The van der Waals surface area contributed by atoms with Crippen LogP contribution in [0.3, 0.4) is 0 Å². The summed E-state index contributed by atoms with van der Waals surface area (Å²) < 4.78 is 14.3. The average Bonchev–Trinajstić information content (AvgIpc) is 2.35. The van der Waals surface area contributed by atoms with Gasteiger partial charge in [0, 0.05) is 4.47 Å². The molecule has 0 aliphatic heterocycles. The number of rotatable bonds is 3. The minimum atomic E-state index is -0.212. The van der Waals surface area contributed by atoms with Gasteiger partial charge in [0.05, 0.1) is 6.04 Å². The lowest BCUT2D eigenvalue weighted by Gasteiger charge is -2.19. The standard InChI is InChI=1S/C15H15BrFN/c1-10-6-7-14(16)13(8-10)15(18-2)11-4-3-5-12(17)9-11/h3-9,15,18H,1-2H3. The Bertz CT molecular complexity index is 554. The van der Waals surface area contributed by atoms with Crippen molar-refractivity contribution in [2.24, 2.45) is 0 Å². The molecule has 1 N–H and O–H groups in total. The Kier molecular flexibility index (Phi) is 4.15. The zero-order chi connectivity index (χ0) is 13.1. The van der Waals surface area contributed by atoms with Crippen LogP contribution in [0.25, 0.3) is 0 Å². The van der Waals surface area contributed by atoms with Crippen LogP contribution in [0, 0.1) is 12.7 Å². The van der Waals surface area contributed by atoms with Crippen molar-refractivity contribution in [3.63, 3.8) is 0 Å². The minimum Gasteiger partial charge on any atom is -0.309 e. The van der Waals surface area contributed by atoms with E-state index in [4.69, 9.17) is 0 Å². The summed E-state index contributed by atoms with van der Waals surface area (Å²) in [5.41, 5.74) is 3.22. The first-order chi connectivity index (χ1) is 8.61. The Morgan fingerprint density at radius 3 is 2.61 bits per heavy atom. The van der Waals surface area contributed by atoms with Crippen molar-refractivity contribution in [3.05, 3.63) is 69.4 Å². The lowest BCUT2D eigenvalue weighted by Crippen LogP contribution is -2.18. The Labute approximate surface area is 115 Å². The third kappa shape index (κ3) is 2.79. The predicted octanol–water partition coefficient (Wildman–Crippen LogP) is 4.21. The van der Waals surface area contributed by atoms with E-state index in [2.05, 4.69) is 27.3 Å². The minimum absolute atomic E-state index is 0.0185. The van der Waals surface area contributed by atoms with Crippen molar-refractivity contribution in [2.75, 3.05) is 7.05 Å². The van der Waals surface area contributed by atoms with Gasteiger partial charge in [-0.25, -0.2) is 4.39 Å². The highest BCUT2D eigenvalue weighted by Gasteiger charge is 2.15. The molecule has 0 spiro atoms. The van der Waals surface area contributed by atoms with Crippen LogP contribution >= 0.6 is 15.9 Å². The Balaban J connectivity index is 2.48. The summed E-state index contributed by atoms with van der Waals surface area (Å²) >= 11 is 3.55. The van der Waals surface area contributed by atoms with Gasteiger partial charge in [0.25, 0.3) is 0 Å². The van der Waals surface area contributed by atoms with Crippen LogP contribution in [0.5, 0.6) is 0 Å². The second-order valence-corrected chi connectivity index (χ2v) is 5.16. The van der Waals surface area contributed by atoms with Crippen molar-refractivity contribution < 1.29 is 4.39 Å². The molecule has 0 saturated heterocycles. The molecule has 2 aromatic rings. The summed E-state index contributed by atoms with van der Waals surface area (Å²) in [5.74, 6) is -0.212. The van der Waals surface area contributed by atoms with E-state index in [1.807, 2.05) is 32.2 Å². The smallest absolute Gasteiger partial charge is 0.123 e. The average molecular weight is 308 g/mol. The monoisotopic (exact) mass is 307 g/mol. The molecular weight excluding hydrogens is 293 g/mol. The number of hydrogen-bond donors (Lipinski definition) is 1. The maximum atomic E-state index is 13.3. The Morgan fingerprint density at radius 2 is 1.94 bits per heavy atom. The highest BCUT2D eigenvalue weighted by molar-refractivity contribution is 9.10. The molecule has 0 aliphatic rings. The van der Waals surface area contributed by atoms with Gasteiger partial charge in [0.2, 0.25) is 0 Å². The van der Waals surface area contributed by atoms with Gasteiger partial charge in [0.1, 0.15) is 5.82 Å². The summed E-state index contributed by atoms with van der Waals surface area (Å²) in [6.45, 7) is 2.05. The van der Waals surface area contributed by atoms with E-state index in [-0.39, 0.29) is 11.9 Å². The lowest BCUT2D eigenvalue weighted by atomic mass is 9.97. The first-order valence-electron chi connectivity index (χ1n) is 5.80. The highest BCUT2D eigenvalue weighted by atomic mass is 79.9. The van der Waals surface area contributed by atoms with Crippen molar-refractivity contribution in [3.8, 4) is 0 Å². The lowest BCUT2D eigenvalue weighted by molar-refractivity contribution is 0.616. The largest absolute Gasteiger partial charge is 0.309 e. The molecular formula is C15H15BrFN. The third-order valence-electron chi connectivity index (χ3n) is 2.93. The zero-order valence-corrected chi connectivity index (χ0v) is 12.0. The normalized spacial score (nSPS) is 12.4. The van der Waals surface area contributed by atoms with E-state index in [0.29, 0.717) is 0 Å². The third-order valence-corrected chi connectivity index (χ3v) is 3.66. The van der Waals surface area contributed by atoms with Crippen molar-refractivity contribution in [1.29, 1.82) is 0 Å². The summed E-state index contributed by atoms with van der Waals surface area (Å²) in [5, 5.41) is 3.23. The summed E-state index contributed by atoms with van der Waals surface area (Å²) in [7, 11) is 1.88. The number of nitrogens with one attached hydrogen (secondary N) is 1. The van der Waals surface area contributed by atoms with Gasteiger partial charge in [-0.3, -0.25) is 0 Å². The van der Waals surface area contributed by atoms with E-state index >= 15 is 0 Å². The molecule has 0 aromatic heterocycles. The van der Waals surface area contributed by atoms with Crippen LogP contribution in [0.4, 0.5) is 4.39 Å². The summed E-state index contributed by atoms with van der Waals surface area (Å²) in [6, 6.07) is 12.8. The van der Waals surface area contributed by atoms with Crippen LogP contribution in [0.15, 0.2) is 46.9 Å². The number of aryl methyl sites for hydroxylation is 1. The van der Waals surface area contributed by atoms with E-state index < -0.39 is 0 Å². The fraction of sp³-hybridized carbons (Fsp3) is 0.200. The molecule has 0 aliphatic carbocycles. The maximum Gasteiger partial charge on any atom is 0.123 e. The first kappa shape index (κ1) is 13.2. The van der Waals surface area contributed by atoms with Crippen LogP contribution in [-0.4, -0.2) is 7.05 Å². The van der Waals surface area contributed by atoms with Gasteiger partial charge in [-0.05, 0) is 43.3 Å². The molecule has 3 heteroatoms. The van der Waals surface area contributed by atoms with E-state index in [0.717, 1.165) is 15.6 Å². The number of halogens is 2. The summed E-state index contributed by atoms with van der Waals surface area (Å²) in [4.78, 5) is 0. The van der Waals surface area contributed by atoms with E-state index in [9.17, 15) is 4.39 Å². The number of benzene rings is 2. The zero-order valence-electron chi connectivity index (χ0n) is 10.4. The molecule has 0 amide bonds. The van der Waals surface area contributed by atoms with Crippen molar-refractivity contribution >= 4 is 15.9 Å². The molecule has 0 bridgehead atoms. The molecule has 1 atom stereocenters. The van der Waals surface area contributed by atoms with Crippen LogP contribution < -0.4 is 5.32 Å². The van der Waals surface area contributed by atoms with E-state index in [1.54, 1.807) is 12.1 Å². The molecule has 0 saturated carbocycles. The van der Waals surface area contributed by atoms with Gasteiger partial charge >= 0.3 is 0 Å². The molecule has 1 unspecified atom stereocenters. The van der Waals surface area contributed by atoms with Crippen LogP contribution in [0.2, 0.25) is 0 Å². The second-order valence-electron chi connectivity index (χ2n) is 4.30. The molecule has 0 radical (unpaired) electrons. The van der Waals surface area contributed by atoms with Crippen LogP contribution in [0.1, 0.15) is 22.7 Å². The van der Waals surface area contributed by atoms with Gasteiger partial charge in [0.15, 0.2) is 0 Å². The molecule has 94 valence electrons. The Hall–Kier alpha value is -1.19. The van der Waals surface area contributed by atoms with Gasteiger partial charge in [-0.2, -0.15) is 0 Å². The van der Waals surface area contributed by atoms with Crippen molar-refractivity contribution in [2.45, 2.75) is 13.0 Å². The Morgan fingerprint density at radius 1 is 1.17 bits per heavy atom. The molecule has 0 heterocycles. The molecule has 1 nitrogen and oxygen atoms in total. The predicted molar refractivity (Wildman–Crippen MR) is 76.2 cm³/mol.